The molecular weight excluding hydrogens is 426 g/mol. The predicted octanol–water partition coefficient (Wildman–Crippen LogP) is 3.61. The summed E-state index contributed by atoms with van der Waals surface area (Å²) in [7, 11) is 0. The van der Waals surface area contributed by atoms with Crippen molar-refractivity contribution in [2.24, 2.45) is 0 Å². The fraction of sp³-hybridized carbons (Fsp3) is 0.273. The Balaban J connectivity index is 1.37. The second-order valence-electron chi connectivity index (χ2n) is 7.67. The molecule has 1 aliphatic heterocycles. The molecule has 9 heteroatoms. The number of amides is 1. The van der Waals surface area contributed by atoms with Crippen molar-refractivity contribution in [3.05, 3.63) is 69.5 Å². The minimum atomic E-state index is -0.787. The van der Waals surface area contributed by atoms with Crippen molar-refractivity contribution in [2.45, 2.75) is 13.0 Å². The van der Waals surface area contributed by atoms with Crippen LogP contribution in [0.4, 0.5) is 20.2 Å². The molecule has 1 atom stereocenters. The first kappa shape index (κ1) is 21.3. The molecule has 0 bridgehead atoms. The molecule has 2 N–H and O–H groups in total. The van der Waals surface area contributed by atoms with E-state index in [-0.39, 0.29) is 24.1 Å². The van der Waals surface area contributed by atoms with Crippen LogP contribution >= 0.6 is 11.6 Å². The van der Waals surface area contributed by atoms with Crippen LogP contribution < -0.4 is 15.8 Å². The molecule has 2 heterocycles. The zero-order valence-electron chi connectivity index (χ0n) is 16.8. The summed E-state index contributed by atoms with van der Waals surface area (Å²) >= 11 is 5.57. The molecule has 162 valence electrons. The molecule has 0 unspecified atom stereocenters. The van der Waals surface area contributed by atoms with Crippen molar-refractivity contribution in [3.63, 3.8) is 0 Å². The van der Waals surface area contributed by atoms with E-state index >= 15 is 0 Å². The van der Waals surface area contributed by atoms with E-state index in [1.165, 1.54) is 18.2 Å². The Kier molecular flexibility index (Phi) is 5.93. The summed E-state index contributed by atoms with van der Waals surface area (Å²) in [5.74, 6) is -1.73. The lowest BCUT2D eigenvalue weighted by molar-refractivity contribution is -0.117. The van der Waals surface area contributed by atoms with Crippen molar-refractivity contribution in [2.75, 3.05) is 36.4 Å². The summed E-state index contributed by atoms with van der Waals surface area (Å²) in [4.78, 5) is 30.5. The summed E-state index contributed by atoms with van der Waals surface area (Å²) in [5.41, 5.74) is 1.60. The lowest BCUT2D eigenvalue weighted by Gasteiger charge is -2.41. The highest BCUT2D eigenvalue weighted by Gasteiger charge is 2.26. The highest BCUT2D eigenvalue weighted by atomic mass is 35.5. The first-order valence-corrected chi connectivity index (χ1v) is 10.2. The molecule has 1 amide bonds. The van der Waals surface area contributed by atoms with Crippen LogP contribution in [0.25, 0.3) is 10.9 Å². The zero-order valence-corrected chi connectivity index (χ0v) is 17.5. The smallest absolute Gasteiger partial charge is 0.248 e. The van der Waals surface area contributed by atoms with Gasteiger partial charge in [-0.05, 0) is 43.3 Å². The van der Waals surface area contributed by atoms with Gasteiger partial charge in [0.2, 0.25) is 11.5 Å². The summed E-state index contributed by atoms with van der Waals surface area (Å²) in [5, 5.41) is 3.19. The zero-order chi connectivity index (χ0) is 22.1. The number of aromatic amines is 1. The Hall–Kier alpha value is -2.97. The number of nitrogens with one attached hydrogen (secondary N) is 2. The number of H-pyrrole nitrogens is 1. The Morgan fingerprint density at radius 2 is 1.90 bits per heavy atom. The second kappa shape index (κ2) is 8.64. The Bertz CT molecular complexity index is 1180. The molecule has 3 aromatic rings. The highest BCUT2D eigenvalue weighted by Crippen LogP contribution is 2.28. The molecule has 0 spiro atoms. The average Bonchev–Trinajstić information content (AvgIpc) is 2.72. The molecular formula is C22H21ClF2N4O2. The van der Waals surface area contributed by atoms with E-state index in [9.17, 15) is 18.4 Å². The van der Waals surface area contributed by atoms with Gasteiger partial charge >= 0.3 is 0 Å². The number of aromatic nitrogens is 1. The number of nitrogens with zero attached hydrogens (tertiary/aromatic N) is 2. The van der Waals surface area contributed by atoms with Gasteiger partial charge in [0, 0.05) is 54.0 Å². The molecule has 0 radical (unpaired) electrons. The van der Waals surface area contributed by atoms with Crippen LogP contribution in [-0.2, 0) is 4.79 Å². The summed E-state index contributed by atoms with van der Waals surface area (Å²) < 4.78 is 27.6. The first-order chi connectivity index (χ1) is 14.8. The van der Waals surface area contributed by atoms with Crippen LogP contribution in [0, 0.1) is 11.6 Å². The number of hydrogen-bond donors (Lipinski definition) is 2. The van der Waals surface area contributed by atoms with E-state index in [0.717, 1.165) is 5.39 Å². The quantitative estimate of drug-likeness (QED) is 0.601. The van der Waals surface area contributed by atoms with Gasteiger partial charge in [0.15, 0.2) is 0 Å². The van der Waals surface area contributed by atoms with Gasteiger partial charge in [-0.15, -0.1) is 0 Å². The maximum absolute atomic E-state index is 13.8. The third kappa shape index (κ3) is 4.70. The Morgan fingerprint density at radius 1 is 1.16 bits per heavy atom. The van der Waals surface area contributed by atoms with E-state index in [2.05, 4.69) is 10.3 Å². The number of carbonyl (C=O) groups excluding carboxylic acids is 1. The average molecular weight is 447 g/mol. The van der Waals surface area contributed by atoms with Crippen LogP contribution in [0.1, 0.15) is 6.92 Å². The number of hydrogen-bond acceptors (Lipinski definition) is 4. The van der Waals surface area contributed by atoms with Gasteiger partial charge in [-0.1, -0.05) is 11.6 Å². The van der Waals surface area contributed by atoms with E-state index < -0.39 is 16.7 Å². The van der Waals surface area contributed by atoms with E-state index in [4.69, 9.17) is 11.6 Å². The number of piperazine rings is 1. The largest absolute Gasteiger partial charge is 0.366 e. The lowest BCUT2D eigenvalue weighted by atomic mass is 10.1. The Labute approximate surface area is 182 Å². The number of pyridine rings is 1. The third-order valence-corrected chi connectivity index (χ3v) is 5.75. The predicted molar refractivity (Wildman–Crippen MR) is 118 cm³/mol. The maximum Gasteiger partial charge on any atom is 0.248 e. The summed E-state index contributed by atoms with van der Waals surface area (Å²) in [6, 6.07) is 10.8. The molecule has 2 aromatic carbocycles. The van der Waals surface area contributed by atoms with Gasteiger partial charge in [-0.2, -0.15) is 0 Å². The number of halogens is 3. The topological polar surface area (TPSA) is 68.4 Å². The minimum Gasteiger partial charge on any atom is -0.366 e. The van der Waals surface area contributed by atoms with Gasteiger partial charge in [-0.25, -0.2) is 8.78 Å². The number of benzene rings is 2. The van der Waals surface area contributed by atoms with Gasteiger partial charge in [-0.3, -0.25) is 14.5 Å². The number of rotatable bonds is 4. The monoisotopic (exact) mass is 446 g/mol. The molecule has 6 nitrogen and oxygen atoms in total. The summed E-state index contributed by atoms with van der Waals surface area (Å²) in [6.07, 6.45) is 0. The van der Waals surface area contributed by atoms with Crippen LogP contribution in [0.3, 0.4) is 0 Å². The third-order valence-electron chi connectivity index (χ3n) is 5.39. The second-order valence-corrected chi connectivity index (χ2v) is 8.05. The van der Waals surface area contributed by atoms with Crippen molar-refractivity contribution in [3.8, 4) is 0 Å². The van der Waals surface area contributed by atoms with Crippen LogP contribution in [-0.4, -0.2) is 48.0 Å². The fourth-order valence-corrected chi connectivity index (χ4v) is 4.01. The van der Waals surface area contributed by atoms with E-state index in [0.29, 0.717) is 36.5 Å². The molecule has 1 aromatic heterocycles. The van der Waals surface area contributed by atoms with Crippen LogP contribution in [0.15, 0.2) is 47.3 Å². The normalized spacial score (nSPS) is 17.2. The number of carbonyl (C=O) groups is 1. The van der Waals surface area contributed by atoms with Gasteiger partial charge in [0.25, 0.3) is 0 Å². The molecule has 1 aliphatic rings. The lowest BCUT2D eigenvalue weighted by Crippen LogP contribution is -2.53. The summed E-state index contributed by atoms with van der Waals surface area (Å²) in [6.45, 7) is 3.81. The maximum atomic E-state index is 13.8. The van der Waals surface area contributed by atoms with Crippen molar-refractivity contribution in [1.29, 1.82) is 0 Å². The van der Waals surface area contributed by atoms with Crippen molar-refractivity contribution >= 4 is 39.8 Å². The molecule has 0 saturated carbocycles. The van der Waals surface area contributed by atoms with E-state index in [1.54, 1.807) is 24.3 Å². The van der Waals surface area contributed by atoms with Gasteiger partial charge in [0.05, 0.1) is 6.54 Å². The molecule has 31 heavy (non-hydrogen) atoms. The molecule has 0 aliphatic carbocycles. The van der Waals surface area contributed by atoms with Gasteiger partial charge < -0.3 is 15.2 Å². The van der Waals surface area contributed by atoms with E-state index in [1.807, 2.05) is 16.7 Å². The highest BCUT2D eigenvalue weighted by molar-refractivity contribution is 6.31. The minimum absolute atomic E-state index is 0.0426. The number of fused-ring (bicyclic) bond motifs is 1. The van der Waals surface area contributed by atoms with Crippen molar-refractivity contribution in [1.82, 2.24) is 9.88 Å². The standard InChI is InChI=1S/C22H21ClF2N4O2/c1-13-11-28(6-7-29(13)16-9-17(24)22(23)18(25)10-16)12-21(31)26-15-3-4-19-14(8-15)2-5-20(30)27-19/h2-5,8-10,13H,6-7,11-12H2,1H3,(H,26,31)(H,27,30)/t13-/m1/s1. The first-order valence-electron chi connectivity index (χ1n) is 9.86. The Morgan fingerprint density at radius 3 is 2.61 bits per heavy atom. The van der Waals surface area contributed by atoms with Crippen LogP contribution in [0.5, 0.6) is 0 Å². The van der Waals surface area contributed by atoms with Crippen LogP contribution in [0.2, 0.25) is 5.02 Å². The fourth-order valence-electron chi connectivity index (χ4n) is 3.90. The molecule has 1 saturated heterocycles. The SMILES string of the molecule is C[C@@H]1CN(CC(=O)Nc2ccc3[nH]c(=O)ccc3c2)CCN1c1cc(F)c(Cl)c(F)c1. The van der Waals surface area contributed by atoms with Crippen molar-refractivity contribution < 1.29 is 13.6 Å². The molecule has 4 rings (SSSR count). The molecule has 1 fully saturated rings. The number of anilines is 2. The van der Waals surface area contributed by atoms with Gasteiger partial charge in [0.1, 0.15) is 16.7 Å².